The molecule has 2 rings (SSSR count). The minimum Gasteiger partial charge on any atom is -0.480 e. The minimum atomic E-state index is -3.22. The Bertz CT molecular complexity index is 515. The molecule has 1 amide bonds. The molecular formula is C14H23NO5S. The smallest absolute Gasteiger partial charge is 0.326 e. The first-order valence-electron chi connectivity index (χ1n) is 7.51. The van der Waals surface area contributed by atoms with Crippen molar-refractivity contribution in [1.82, 2.24) is 4.90 Å². The van der Waals surface area contributed by atoms with Crippen molar-refractivity contribution in [1.29, 1.82) is 0 Å². The summed E-state index contributed by atoms with van der Waals surface area (Å²) in [4.78, 5) is 25.3. The van der Waals surface area contributed by atoms with E-state index in [9.17, 15) is 23.1 Å². The van der Waals surface area contributed by atoms with E-state index in [0.29, 0.717) is 12.3 Å². The number of sulfone groups is 1. The van der Waals surface area contributed by atoms with Crippen molar-refractivity contribution in [2.24, 2.45) is 5.92 Å². The summed E-state index contributed by atoms with van der Waals surface area (Å²) in [6, 6.07) is -0.822. The first-order valence-corrected chi connectivity index (χ1v) is 9.57. The van der Waals surface area contributed by atoms with Crippen molar-refractivity contribution in [3.8, 4) is 0 Å². The van der Waals surface area contributed by atoms with Crippen molar-refractivity contribution in [3.63, 3.8) is 0 Å². The van der Waals surface area contributed by atoms with Gasteiger partial charge in [0.2, 0.25) is 5.91 Å². The Morgan fingerprint density at radius 1 is 1.14 bits per heavy atom. The fourth-order valence-corrected chi connectivity index (χ4v) is 4.18. The molecule has 1 saturated carbocycles. The number of piperidine rings is 1. The molecule has 0 aromatic rings. The number of nitrogens with zero attached hydrogens (tertiary/aromatic N) is 1. The fourth-order valence-electron chi connectivity index (χ4n) is 3.64. The molecule has 1 heterocycles. The van der Waals surface area contributed by atoms with Gasteiger partial charge in [-0.05, 0) is 31.6 Å². The van der Waals surface area contributed by atoms with Gasteiger partial charge in [-0.25, -0.2) is 13.2 Å². The lowest BCUT2D eigenvalue weighted by Gasteiger charge is -2.47. The minimum absolute atomic E-state index is 0.0272. The first kappa shape index (κ1) is 16.3. The predicted octanol–water partition coefficient (Wildman–Crippen LogP) is 1.06. The molecule has 3 atom stereocenters. The van der Waals surface area contributed by atoms with Crippen LogP contribution in [0.5, 0.6) is 0 Å². The summed E-state index contributed by atoms with van der Waals surface area (Å²) in [5, 5.41) is 9.36. The second kappa shape index (κ2) is 6.34. The molecule has 7 heteroatoms. The van der Waals surface area contributed by atoms with Gasteiger partial charge in [0, 0.05) is 18.7 Å². The SMILES string of the molecule is CS(=O)(=O)CCC(=O)N1C(C(=O)O)CCC2CCCCC21. The van der Waals surface area contributed by atoms with Crippen LogP contribution in [-0.4, -0.2) is 54.4 Å². The molecule has 0 aromatic carbocycles. The lowest BCUT2D eigenvalue weighted by Crippen LogP contribution is -2.57. The van der Waals surface area contributed by atoms with E-state index in [1.807, 2.05) is 0 Å². The number of hydrogen-bond acceptors (Lipinski definition) is 4. The number of hydrogen-bond donors (Lipinski definition) is 1. The van der Waals surface area contributed by atoms with Crippen LogP contribution >= 0.6 is 0 Å². The maximum absolute atomic E-state index is 12.4. The molecular weight excluding hydrogens is 294 g/mol. The summed E-state index contributed by atoms with van der Waals surface area (Å²) < 4.78 is 22.5. The normalized spacial score (nSPS) is 29.8. The van der Waals surface area contributed by atoms with E-state index in [-0.39, 0.29) is 24.1 Å². The summed E-state index contributed by atoms with van der Waals surface area (Å²) in [5.41, 5.74) is 0. The van der Waals surface area contributed by atoms with Crippen LogP contribution in [0, 0.1) is 5.92 Å². The average molecular weight is 317 g/mol. The molecule has 2 aliphatic rings. The van der Waals surface area contributed by atoms with Crippen LogP contribution in [0.25, 0.3) is 0 Å². The first-order chi connectivity index (χ1) is 9.79. The van der Waals surface area contributed by atoms with E-state index < -0.39 is 21.8 Å². The second-order valence-electron chi connectivity index (χ2n) is 6.22. The molecule has 0 radical (unpaired) electrons. The van der Waals surface area contributed by atoms with E-state index >= 15 is 0 Å². The van der Waals surface area contributed by atoms with Crippen LogP contribution in [0.15, 0.2) is 0 Å². The quantitative estimate of drug-likeness (QED) is 0.837. The van der Waals surface area contributed by atoms with Crippen LogP contribution in [-0.2, 0) is 19.4 Å². The topological polar surface area (TPSA) is 91.8 Å². The number of amides is 1. The molecule has 21 heavy (non-hydrogen) atoms. The van der Waals surface area contributed by atoms with Gasteiger partial charge < -0.3 is 10.0 Å². The maximum atomic E-state index is 12.4. The lowest BCUT2D eigenvalue weighted by molar-refractivity contribution is -0.158. The Balaban J connectivity index is 2.15. The van der Waals surface area contributed by atoms with Crippen LogP contribution < -0.4 is 0 Å². The Morgan fingerprint density at radius 2 is 1.81 bits per heavy atom. The third-order valence-corrected chi connectivity index (χ3v) is 5.58. The Morgan fingerprint density at radius 3 is 2.43 bits per heavy atom. The van der Waals surface area contributed by atoms with Crippen LogP contribution in [0.3, 0.4) is 0 Å². The number of carbonyl (C=O) groups is 2. The van der Waals surface area contributed by atoms with E-state index in [1.165, 1.54) is 4.90 Å². The van der Waals surface area contributed by atoms with Crippen LogP contribution in [0.2, 0.25) is 0 Å². The number of likely N-dealkylation sites (tertiary alicyclic amines) is 1. The molecule has 1 aliphatic carbocycles. The van der Waals surface area contributed by atoms with Gasteiger partial charge in [0.15, 0.2) is 0 Å². The summed E-state index contributed by atoms with van der Waals surface area (Å²) in [6.07, 6.45) is 6.29. The van der Waals surface area contributed by atoms with Gasteiger partial charge in [-0.3, -0.25) is 4.79 Å². The molecule has 1 saturated heterocycles. The molecule has 1 N–H and O–H groups in total. The fraction of sp³-hybridized carbons (Fsp3) is 0.857. The molecule has 3 unspecified atom stereocenters. The number of fused-ring (bicyclic) bond motifs is 1. The maximum Gasteiger partial charge on any atom is 0.326 e. The largest absolute Gasteiger partial charge is 0.480 e. The summed E-state index contributed by atoms with van der Waals surface area (Å²) in [5.74, 6) is -1.15. The van der Waals surface area contributed by atoms with Gasteiger partial charge >= 0.3 is 5.97 Å². The van der Waals surface area contributed by atoms with Gasteiger partial charge in [-0.2, -0.15) is 0 Å². The average Bonchev–Trinajstić information content (AvgIpc) is 2.42. The van der Waals surface area contributed by atoms with Gasteiger partial charge in [0.1, 0.15) is 15.9 Å². The number of carboxylic acids is 1. The number of carbonyl (C=O) groups excluding carboxylic acids is 1. The highest BCUT2D eigenvalue weighted by Gasteiger charge is 2.43. The summed E-state index contributed by atoms with van der Waals surface area (Å²) in [6.45, 7) is 0. The van der Waals surface area contributed by atoms with E-state index in [2.05, 4.69) is 0 Å². The Hall–Kier alpha value is -1.11. The van der Waals surface area contributed by atoms with Crippen molar-refractivity contribution >= 4 is 21.7 Å². The summed E-state index contributed by atoms with van der Waals surface area (Å²) in [7, 11) is -3.22. The van der Waals surface area contributed by atoms with E-state index in [1.54, 1.807) is 0 Å². The molecule has 0 spiro atoms. The van der Waals surface area contributed by atoms with Crippen molar-refractivity contribution in [3.05, 3.63) is 0 Å². The Labute approximate surface area is 125 Å². The van der Waals surface area contributed by atoms with Crippen molar-refractivity contribution < 1.29 is 23.1 Å². The third kappa shape index (κ3) is 3.96. The zero-order valence-electron chi connectivity index (χ0n) is 12.3. The molecule has 6 nitrogen and oxygen atoms in total. The third-order valence-electron chi connectivity index (χ3n) is 4.63. The van der Waals surface area contributed by atoms with Gasteiger partial charge in [-0.15, -0.1) is 0 Å². The number of carboxylic acid groups (broad SMARTS) is 1. The molecule has 120 valence electrons. The number of aliphatic carboxylic acids is 1. The van der Waals surface area contributed by atoms with Crippen molar-refractivity contribution in [2.75, 3.05) is 12.0 Å². The molecule has 1 aliphatic heterocycles. The van der Waals surface area contributed by atoms with Gasteiger partial charge in [-0.1, -0.05) is 12.8 Å². The number of rotatable bonds is 4. The summed E-state index contributed by atoms with van der Waals surface area (Å²) >= 11 is 0. The van der Waals surface area contributed by atoms with E-state index in [0.717, 1.165) is 38.4 Å². The highest BCUT2D eigenvalue weighted by atomic mass is 32.2. The van der Waals surface area contributed by atoms with Crippen molar-refractivity contribution in [2.45, 2.75) is 57.0 Å². The lowest BCUT2D eigenvalue weighted by atomic mass is 9.76. The highest BCUT2D eigenvalue weighted by Crippen LogP contribution is 2.38. The van der Waals surface area contributed by atoms with Gasteiger partial charge in [0.25, 0.3) is 0 Å². The standard InChI is InChI=1S/C14H23NO5S/c1-21(19,20)9-8-13(16)15-11-5-3-2-4-10(11)6-7-12(15)14(17)18/h10-12H,2-9H2,1H3,(H,17,18). The predicted molar refractivity (Wildman–Crippen MR) is 77.6 cm³/mol. The molecule has 0 bridgehead atoms. The van der Waals surface area contributed by atoms with E-state index in [4.69, 9.17) is 0 Å². The second-order valence-corrected chi connectivity index (χ2v) is 8.48. The van der Waals surface area contributed by atoms with Crippen LogP contribution in [0.4, 0.5) is 0 Å². The van der Waals surface area contributed by atoms with Gasteiger partial charge in [0.05, 0.1) is 5.75 Å². The zero-order chi connectivity index (χ0) is 15.6. The molecule has 2 fully saturated rings. The monoisotopic (exact) mass is 317 g/mol. The molecule has 0 aromatic heterocycles. The Kier molecular flexibility index (Phi) is 4.91. The highest BCUT2D eigenvalue weighted by molar-refractivity contribution is 7.90. The zero-order valence-corrected chi connectivity index (χ0v) is 13.1. The van der Waals surface area contributed by atoms with Crippen LogP contribution in [0.1, 0.15) is 44.9 Å².